The Morgan fingerprint density at radius 2 is 1.42 bits per heavy atom. The van der Waals surface area contributed by atoms with Crippen molar-refractivity contribution in [3.63, 3.8) is 0 Å². The van der Waals surface area contributed by atoms with Gasteiger partial charge in [0.2, 0.25) is 0 Å². The third-order valence-electron chi connectivity index (χ3n) is 5.89. The summed E-state index contributed by atoms with van der Waals surface area (Å²) in [7, 11) is -2.35. The van der Waals surface area contributed by atoms with Gasteiger partial charge in [-0.2, -0.15) is 0 Å². The summed E-state index contributed by atoms with van der Waals surface area (Å²) in [4.78, 5) is 63.5. The van der Waals surface area contributed by atoms with Gasteiger partial charge in [0, 0.05) is 43.9 Å². The fraction of sp³-hybridized carbons (Fsp3) is 0.480. The van der Waals surface area contributed by atoms with Crippen molar-refractivity contribution in [2.45, 2.75) is 78.8 Å². The van der Waals surface area contributed by atoms with Gasteiger partial charge in [-0.05, 0) is 41.9 Å². The summed E-state index contributed by atoms with van der Waals surface area (Å²) in [6.07, 6.45) is 2.46. The number of esters is 2. The standard InChI is InChI=1S/C25H33NO9Si/c1-16(27)32-14-19-12-18(8-11-23(31)34-26-21(29)9-10-22(26)30)13-20(15-33-17(2)28)24(19)35-36(6,7)25(3,4)5/h8,11-13H,9-10,14-15H2,1-7H3/b11-8-. The van der Waals surface area contributed by atoms with Gasteiger partial charge in [-0.15, -0.1) is 5.06 Å². The first kappa shape index (κ1) is 28.8. The fourth-order valence-corrected chi connectivity index (χ4v) is 4.01. The van der Waals surface area contributed by atoms with E-state index in [4.69, 9.17) is 18.7 Å². The lowest BCUT2D eigenvalue weighted by Crippen LogP contribution is -2.44. The number of benzene rings is 1. The maximum Gasteiger partial charge on any atom is 0.356 e. The first-order valence-corrected chi connectivity index (χ1v) is 14.4. The van der Waals surface area contributed by atoms with Crippen LogP contribution in [0, 0.1) is 0 Å². The highest BCUT2D eigenvalue weighted by molar-refractivity contribution is 6.74. The molecule has 0 aliphatic carbocycles. The molecule has 0 spiro atoms. The smallest absolute Gasteiger partial charge is 0.356 e. The molecule has 10 nitrogen and oxygen atoms in total. The van der Waals surface area contributed by atoms with Crippen LogP contribution in [0.1, 0.15) is 64.2 Å². The normalized spacial score (nSPS) is 14.2. The van der Waals surface area contributed by atoms with Gasteiger partial charge in [0.25, 0.3) is 20.1 Å². The molecule has 2 rings (SSSR count). The van der Waals surface area contributed by atoms with Crippen LogP contribution in [0.5, 0.6) is 5.75 Å². The Bertz CT molecular complexity index is 1030. The first-order valence-electron chi connectivity index (χ1n) is 11.5. The predicted molar refractivity (Wildman–Crippen MR) is 131 cm³/mol. The van der Waals surface area contributed by atoms with Crippen LogP contribution in [0.2, 0.25) is 18.1 Å². The zero-order chi connectivity index (χ0) is 27.3. The molecule has 0 aromatic heterocycles. The molecule has 1 aliphatic heterocycles. The third-order valence-corrected chi connectivity index (χ3v) is 10.2. The molecule has 0 bridgehead atoms. The molecule has 1 aromatic rings. The second-order valence-electron chi connectivity index (χ2n) is 9.92. The van der Waals surface area contributed by atoms with Crippen molar-refractivity contribution in [2.75, 3.05) is 0 Å². The van der Waals surface area contributed by atoms with Crippen LogP contribution >= 0.6 is 0 Å². The Morgan fingerprint density at radius 3 is 1.83 bits per heavy atom. The van der Waals surface area contributed by atoms with Crippen LogP contribution in [0.15, 0.2) is 18.2 Å². The molecule has 0 N–H and O–H groups in total. The molecule has 0 saturated carbocycles. The summed E-state index contributed by atoms with van der Waals surface area (Å²) in [6.45, 7) is 12.7. The summed E-state index contributed by atoms with van der Waals surface area (Å²) < 4.78 is 17.0. The quantitative estimate of drug-likeness (QED) is 0.207. The van der Waals surface area contributed by atoms with Crippen molar-refractivity contribution in [3.05, 3.63) is 34.9 Å². The number of hydrogen-bond acceptors (Lipinski definition) is 9. The van der Waals surface area contributed by atoms with Crippen LogP contribution in [0.25, 0.3) is 6.08 Å². The summed E-state index contributed by atoms with van der Waals surface area (Å²) in [5.74, 6) is -2.60. The molecule has 0 unspecified atom stereocenters. The lowest BCUT2D eigenvalue weighted by molar-refractivity contribution is -0.193. The number of ether oxygens (including phenoxy) is 2. The van der Waals surface area contributed by atoms with E-state index in [1.807, 2.05) is 0 Å². The lowest BCUT2D eigenvalue weighted by Gasteiger charge is -2.37. The SMILES string of the molecule is CC(=O)OCc1cc(/C=C\C(=O)ON2C(=O)CCC2=O)cc(COC(C)=O)c1O[Si](C)(C)C(C)(C)C. The van der Waals surface area contributed by atoms with E-state index < -0.39 is 38.0 Å². The van der Waals surface area contributed by atoms with Crippen LogP contribution in [-0.4, -0.2) is 43.1 Å². The van der Waals surface area contributed by atoms with Gasteiger partial charge in [0.05, 0.1) is 0 Å². The molecule has 0 atom stereocenters. The number of carbonyl (C=O) groups excluding carboxylic acids is 5. The maximum absolute atomic E-state index is 12.2. The third kappa shape index (κ3) is 7.77. The van der Waals surface area contributed by atoms with E-state index in [1.54, 1.807) is 12.1 Å². The monoisotopic (exact) mass is 519 g/mol. The Balaban J connectivity index is 2.46. The minimum Gasteiger partial charge on any atom is -0.543 e. The van der Waals surface area contributed by atoms with Crippen LogP contribution < -0.4 is 4.43 Å². The second kappa shape index (κ2) is 11.5. The largest absolute Gasteiger partial charge is 0.543 e. The minimum absolute atomic E-state index is 0.00939. The van der Waals surface area contributed by atoms with E-state index in [1.165, 1.54) is 19.9 Å². The molecular formula is C25H33NO9Si. The molecule has 1 fully saturated rings. The molecule has 0 radical (unpaired) electrons. The fourth-order valence-electron chi connectivity index (χ4n) is 2.93. The van der Waals surface area contributed by atoms with Crippen molar-refractivity contribution < 1.29 is 42.7 Å². The summed E-state index contributed by atoms with van der Waals surface area (Å²) >= 11 is 0. The highest BCUT2D eigenvalue weighted by Gasteiger charge is 2.40. The predicted octanol–water partition coefficient (Wildman–Crippen LogP) is 3.82. The number of amides is 2. The number of hydroxylamine groups is 2. The van der Waals surface area contributed by atoms with Crippen LogP contribution in [0.3, 0.4) is 0 Å². The van der Waals surface area contributed by atoms with Gasteiger partial charge < -0.3 is 18.7 Å². The number of hydrogen-bond donors (Lipinski definition) is 0. The van der Waals surface area contributed by atoms with Gasteiger partial charge in [0.15, 0.2) is 0 Å². The molecule has 1 saturated heterocycles. The zero-order valence-electron chi connectivity index (χ0n) is 21.8. The van der Waals surface area contributed by atoms with Crippen molar-refractivity contribution in [3.8, 4) is 5.75 Å². The molecule has 1 heterocycles. The van der Waals surface area contributed by atoms with Crippen molar-refractivity contribution in [2.24, 2.45) is 0 Å². The van der Waals surface area contributed by atoms with E-state index in [9.17, 15) is 24.0 Å². The van der Waals surface area contributed by atoms with Gasteiger partial charge in [-0.25, -0.2) is 4.79 Å². The van der Waals surface area contributed by atoms with Crippen molar-refractivity contribution >= 4 is 44.1 Å². The lowest BCUT2D eigenvalue weighted by atomic mass is 10.0. The Morgan fingerprint density at radius 1 is 0.944 bits per heavy atom. The molecule has 1 aromatic carbocycles. The average Bonchev–Trinajstić information content (AvgIpc) is 3.07. The molecule has 11 heteroatoms. The van der Waals surface area contributed by atoms with Crippen molar-refractivity contribution in [1.82, 2.24) is 5.06 Å². The second-order valence-corrected chi connectivity index (χ2v) is 14.6. The summed E-state index contributed by atoms with van der Waals surface area (Å²) in [5, 5.41) is 0.318. The highest BCUT2D eigenvalue weighted by atomic mass is 28.4. The topological polar surface area (TPSA) is 126 Å². The molecule has 1 aliphatic rings. The summed E-state index contributed by atoms with van der Waals surface area (Å²) in [5.41, 5.74) is 1.55. The Kier molecular flexibility index (Phi) is 9.19. The molecule has 2 amide bonds. The zero-order valence-corrected chi connectivity index (χ0v) is 22.8. The van der Waals surface area contributed by atoms with E-state index >= 15 is 0 Å². The Hall–Kier alpha value is -3.47. The Labute approximate surface area is 211 Å². The summed E-state index contributed by atoms with van der Waals surface area (Å²) in [6, 6.07) is 3.36. The molecular weight excluding hydrogens is 486 g/mol. The van der Waals surface area contributed by atoms with Gasteiger partial charge in [-0.3, -0.25) is 19.2 Å². The molecule has 196 valence electrons. The number of nitrogens with zero attached hydrogens (tertiary/aromatic N) is 1. The molecule has 36 heavy (non-hydrogen) atoms. The minimum atomic E-state index is -2.35. The van der Waals surface area contributed by atoms with Crippen LogP contribution in [-0.2, 0) is 51.5 Å². The van der Waals surface area contributed by atoms with E-state index in [-0.39, 0.29) is 31.1 Å². The van der Waals surface area contributed by atoms with Gasteiger partial charge in [-0.1, -0.05) is 20.8 Å². The van der Waals surface area contributed by atoms with Crippen LogP contribution in [0.4, 0.5) is 0 Å². The van der Waals surface area contributed by atoms with E-state index in [0.29, 0.717) is 27.5 Å². The maximum atomic E-state index is 12.2. The highest BCUT2D eigenvalue weighted by Crippen LogP contribution is 2.40. The number of carbonyl (C=O) groups is 5. The average molecular weight is 520 g/mol. The van der Waals surface area contributed by atoms with Crippen molar-refractivity contribution in [1.29, 1.82) is 0 Å². The van der Waals surface area contributed by atoms with Gasteiger partial charge in [0.1, 0.15) is 19.0 Å². The first-order chi connectivity index (χ1) is 16.6. The van der Waals surface area contributed by atoms with Gasteiger partial charge >= 0.3 is 17.9 Å². The van der Waals surface area contributed by atoms with E-state index in [0.717, 1.165) is 6.08 Å². The number of imide groups is 1. The number of rotatable bonds is 9. The van der Waals surface area contributed by atoms with E-state index in [2.05, 4.69) is 33.9 Å².